The van der Waals surface area contributed by atoms with E-state index in [4.69, 9.17) is 9.47 Å². The molecule has 19 heavy (non-hydrogen) atoms. The van der Waals surface area contributed by atoms with Crippen LogP contribution >= 0.6 is 15.9 Å². The lowest BCUT2D eigenvalue weighted by Gasteiger charge is -2.16. The molecule has 2 aromatic carbocycles. The van der Waals surface area contributed by atoms with Crippen molar-refractivity contribution >= 4 is 15.9 Å². The number of hydrogen-bond acceptors (Lipinski definition) is 2. The molecular weight excluding hydrogens is 304 g/mol. The summed E-state index contributed by atoms with van der Waals surface area (Å²) >= 11 is 3.50. The molecular formula is C16H17BrO2. The number of hydrogen-bond donors (Lipinski definition) is 0. The van der Waals surface area contributed by atoms with Gasteiger partial charge in [-0.3, -0.25) is 0 Å². The molecule has 0 aliphatic heterocycles. The molecule has 1 unspecified atom stereocenters. The molecule has 100 valence electrons. The van der Waals surface area contributed by atoms with Gasteiger partial charge in [-0.05, 0) is 23.3 Å². The summed E-state index contributed by atoms with van der Waals surface area (Å²) in [7, 11) is 1.67. The van der Waals surface area contributed by atoms with E-state index in [0.717, 1.165) is 16.6 Å². The highest BCUT2D eigenvalue weighted by Crippen LogP contribution is 2.21. The van der Waals surface area contributed by atoms with Crippen molar-refractivity contribution in [3.8, 4) is 5.75 Å². The summed E-state index contributed by atoms with van der Waals surface area (Å²) in [6.45, 7) is 0.592. The third-order valence-electron chi connectivity index (χ3n) is 2.92. The van der Waals surface area contributed by atoms with Crippen LogP contribution in [0, 0.1) is 0 Å². The second-order valence-corrected chi connectivity index (χ2v) is 4.86. The van der Waals surface area contributed by atoms with Crippen molar-refractivity contribution in [2.75, 3.05) is 12.4 Å². The number of methoxy groups -OCH3 is 1. The summed E-state index contributed by atoms with van der Waals surface area (Å²) in [5.41, 5.74) is 2.33. The van der Waals surface area contributed by atoms with Crippen molar-refractivity contribution in [3.63, 3.8) is 0 Å². The standard InChI is InChI=1S/C16H17BrO2/c1-18-15-9-7-13(8-10-15)12-19-16(11-17)14-5-3-2-4-6-14/h2-10,16H,11-12H2,1H3. The predicted octanol–water partition coefficient (Wildman–Crippen LogP) is 4.35. The minimum absolute atomic E-state index is 0.0725. The molecule has 0 spiro atoms. The van der Waals surface area contributed by atoms with Gasteiger partial charge in [0, 0.05) is 5.33 Å². The van der Waals surface area contributed by atoms with Gasteiger partial charge in [0.05, 0.1) is 19.8 Å². The fourth-order valence-corrected chi connectivity index (χ4v) is 2.38. The Morgan fingerprint density at radius 1 is 1.00 bits per heavy atom. The molecule has 0 aliphatic carbocycles. The van der Waals surface area contributed by atoms with Gasteiger partial charge in [0.15, 0.2) is 0 Å². The minimum atomic E-state index is 0.0725. The van der Waals surface area contributed by atoms with Gasteiger partial charge in [-0.1, -0.05) is 58.4 Å². The summed E-state index contributed by atoms with van der Waals surface area (Å²) in [4.78, 5) is 0. The zero-order valence-corrected chi connectivity index (χ0v) is 12.5. The lowest BCUT2D eigenvalue weighted by Crippen LogP contribution is -2.05. The highest BCUT2D eigenvalue weighted by molar-refractivity contribution is 9.09. The summed E-state index contributed by atoms with van der Waals surface area (Å²) in [6, 6.07) is 18.2. The molecule has 0 radical (unpaired) electrons. The van der Waals surface area contributed by atoms with Crippen molar-refractivity contribution in [2.45, 2.75) is 12.7 Å². The van der Waals surface area contributed by atoms with Crippen molar-refractivity contribution < 1.29 is 9.47 Å². The molecule has 0 N–H and O–H groups in total. The molecule has 1 atom stereocenters. The first-order valence-corrected chi connectivity index (χ1v) is 7.31. The number of benzene rings is 2. The number of halogens is 1. The zero-order valence-electron chi connectivity index (χ0n) is 10.9. The largest absolute Gasteiger partial charge is 0.497 e. The van der Waals surface area contributed by atoms with Gasteiger partial charge < -0.3 is 9.47 Å². The Balaban J connectivity index is 1.96. The van der Waals surface area contributed by atoms with Crippen molar-refractivity contribution in [1.82, 2.24) is 0 Å². The van der Waals surface area contributed by atoms with Gasteiger partial charge in [0.2, 0.25) is 0 Å². The van der Waals surface area contributed by atoms with E-state index >= 15 is 0 Å². The van der Waals surface area contributed by atoms with Crippen LogP contribution in [-0.4, -0.2) is 12.4 Å². The van der Waals surface area contributed by atoms with Gasteiger partial charge >= 0.3 is 0 Å². The Morgan fingerprint density at radius 2 is 1.68 bits per heavy atom. The third-order valence-corrected chi connectivity index (χ3v) is 3.51. The number of ether oxygens (including phenoxy) is 2. The average molecular weight is 321 g/mol. The van der Waals surface area contributed by atoms with Crippen molar-refractivity contribution in [2.24, 2.45) is 0 Å². The second-order valence-electron chi connectivity index (χ2n) is 4.21. The Morgan fingerprint density at radius 3 is 2.26 bits per heavy atom. The van der Waals surface area contributed by atoms with Gasteiger partial charge in [-0.2, -0.15) is 0 Å². The van der Waals surface area contributed by atoms with Crippen LogP contribution in [0.2, 0.25) is 0 Å². The maximum absolute atomic E-state index is 5.95. The molecule has 0 fully saturated rings. The Labute approximate surface area is 122 Å². The van der Waals surface area contributed by atoms with Gasteiger partial charge in [0.25, 0.3) is 0 Å². The predicted molar refractivity (Wildman–Crippen MR) is 80.8 cm³/mol. The molecule has 0 bridgehead atoms. The van der Waals surface area contributed by atoms with Crippen molar-refractivity contribution in [3.05, 3.63) is 65.7 Å². The summed E-state index contributed by atoms with van der Waals surface area (Å²) in [5.74, 6) is 0.865. The molecule has 3 heteroatoms. The van der Waals surface area contributed by atoms with Crippen LogP contribution in [0.25, 0.3) is 0 Å². The van der Waals surface area contributed by atoms with Gasteiger partial charge in [-0.25, -0.2) is 0 Å². The van der Waals surface area contributed by atoms with E-state index in [1.54, 1.807) is 7.11 Å². The molecule has 2 aromatic rings. The molecule has 0 saturated carbocycles. The molecule has 0 saturated heterocycles. The molecule has 0 amide bonds. The lowest BCUT2D eigenvalue weighted by atomic mass is 10.1. The van der Waals surface area contributed by atoms with E-state index in [-0.39, 0.29) is 6.10 Å². The van der Waals surface area contributed by atoms with E-state index in [1.165, 1.54) is 5.56 Å². The first-order valence-electron chi connectivity index (χ1n) is 6.19. The highest BCUT2D eigenvalue weighted by Gasteiger charge is 2.10. The van der Waals surface area contributed by atoms with Crippen LogP contribution in [0.1, 0.15) is 17.2 Å². The van der Waals surface area contributed by atoms with E-state index in [1.807, 2.05) is 42.5 Å². The summed E-state index contributed by atoms with van der Waals surface area (Å²) in [5, 5.41) is 0.785. The van der Waals surface area contributed by atoms with Crippen LogP contribution in [0.4, 0.5) is 0 Å². The smallest absolute Gasteiger partial charge is 0.118 e. The third kappa shape index (κ3) is 4.08. The molecule has 0 aliphatic rings. The average Bonchev–Trinajstić information content (AvgIpc) is 2.49. The molecule has 2 nitrogen and oxygen atoms in total. The summed E-state index contributed by atoms with van der Waals surface area (Å²) in [6.07, 6.45) is 0.0725. The molecule has 2 rings (SSSR count). The normalized spacial score (nSPS) is 12.1. The maximum atomic E-state index is 5.95. The van der Waals surface area contributed by atoms with E-state index in [2.05, 4.69) is 28.1 Å². The van der Waals surface area contributed by atoms with E-state index in [9.17, 15) is 0 Å². The summed E-state index contributed by atoms with van der Waals surface area (Å²) < 4.78 is 11.1. The monoisotopic (exact) mass is 320 g/mol. The SMILES string of the molecule is COc1ccc(COC(CBr)c2ccccc2)cc1. The topological polar surface area (TPSA) is 18.5 Å². The van der Waals surface area contributed by atoms with Crippen molar-refractivity contribution in [1.29, 1.82) is 0 Å². The molecule has 0 aromatic heterocycles. The van der Waals surface area contributed by atoms with E-state index in [0.29, 0.717) is 6.61 Å². The Kier molecular flexibility index (Phi) is 5.43. The fraction of sp³-hybridized carbons (Fsp3) is 0.250. The second kappa shape index (κ2) is 7.31. The maximum Gasteiger partial charge on any atom is 0.118 e. The number of alkyl halides is 1. The highest BCUT2D eigenvalue weighted by atomic mass is 79.9. The van der Waals surface area contributed by atoms with Crippen LogP contribution in [0.3, 0.4) is 0 Å². The van der Waals surface area contributed by atoms with Gasteiger partial charge in [-0.15, -0.1) is 0 Å². The quantitative estimate of drug-likeness (QED) is 0.737. The number of rotatable bonds is 6. The lowest BCUT2D eigenvalue weighted by molar-refractivity contribution is 0.0566. The Hall–Kier alpha value is -1.32. The van der Waals surface area contributed by atoms with Gasteiger partial charge in [0.1, 0.15) is 5.75 Å². The Bertz CT molecular complexity index is 482. The van der Waals surface area contributed by atoms with Crippen LogP contribution < -0.4 is 4.74 Å². The van der Waals surface area contributed by atoms with Crippen LogP contribution in [-0.2, 0) is 11.3 Å². The first-order chi connectivity index (χ1) is 9.33. The van der Waals surface area contributed by atoms with Crippen LogP contribution in [0.5, 0.6) is 5.75 Å². The zero-order chi connectivity index (χ0) is 13.5. The molecule has 0 heterocycles. The van der Waals surface area contributed by atoms with E-state index < -0.39 is 0 Å². The van der Waals surface area contributed by atoms with Crippen LogP contribution in [0.15, 0.2) is 54.6 Å². The minimum Gasteiger partial charge on any atom is -0.497 e. The first kappa shape index (κ1) is 14.1. The fourth-order valence-electron chi connectivity index (χ4n) is 1.82.